The van der Waals surface area contributed by atoms with E-state index in [0.29, 0.717) is 45.9 Å². The Bertz CT molecular complexity index is 2860. The van der Waals surface area contributed by atoms with Gasteiger partial charge in [-0.05, 0) is 69.3 Å². The summed E-state index contributed by atoms with van der Waals surface area (Å²) in [5, 5.41) is 14.1. The number of phenolic OH excluding ortho intramolecular Hbond substituents is 1. The summed E-state index contributed by atoms with van der Waals surface area (Å²) in [4.78, 5) is 38.0. The smallest absolute Gasteiger partial charge is 0.164 e. The number of hydrogen-bond donors (Lipinski definition) is 3. The second-order valence-corrected chi connectivity index (χ2v) is 17.4. The topological polar surface area (TPSA) is 129 Å². The van der Waals surface area contributed by atoms with Gasteiger partial charge in [-0.1, -0.05) is 98.7 Å². The molecule has 53 heavy (non-hydrogen) atoms. The largest absolute Gasteiger partial charge is 0.508 e. The number of H-pyrrole nitrogens is 2. The molecule has 7 aromatic rings. The van der Waals surface area contributed by atoms with Crippen molar-refractivity contribution in [1.29, 1.82) is 0 Å². The lowest BCUT2D eigenvalue weighted by Gasteiger charge is -2.19. The zero-order chi connectivity index (χ0) is 37.2. The lowest BCUT2D eigenvalue weighted by molar-refractivity contribution is 0.476. The fourth-order valence-electron chi connectivity index (χ4n) is 7.18. The van der Waals surface area contributed by atoms with E-state index < -0.39 is 0 Å². The molecule has 0 aliphatic carbocycles. The maximum atomic E-state index is 10.6. The van der Waals surface area contributed by atoms with Crippen molar-refractivity contribution in [2.45, 2.75) is 78.6 Å². The number of hydrogen-bond acceptors (Lipinski definition) is 7. The highest BCUT2D eigenvalue weighted by Gasteiger charge is 2.26. The third-order valence-corrected chi connectivity index (χ3v) is 10.4. The molecule has 0 atom stereocenters. The summed E-state index contributed by atoms with van der Waals surface area (Å²) in [6, 6.07) is 24.6. The number of nitrogens with one attached hydrogen (secondary N) is 2. The first-order chi connectivity index (χ1) is 25.0. The third-order valence-electron chi connectivity index (χ3n) is 10.4. The average Bonchev–Trinajstić information content (AvgIpc) is 3.81. The summed E-state index contributed by atoms with van der Waals surface area (Å²) in [6.45, 7) is 19.8. The van der Waals surface area contributed by atoms with E-state index in [9.17, 15) is 5.11 Å². The van der Waals surface area contributed by atoms with Crippen LogP contribution in [0.25, 0.3) is 89.7 Å². The predicted molar refractivity (Wildman–Crippen MR) is 214 cm³/mol. The van der Waals surface area contributed by atoms with Gasteiger partial charge in [0.15, 0.2) is 23.3 Å². The summed E-state index contributed by atoms with van der Waals surface area (Å²) in [6.07, 6.45) is 0. The first-order valence-electron chi connectivity index (χ1n) is 18.1. The van der Waals surface area contributed by atoms with Gasteiger partial charge in [-0.3, -0.25) is 0 Å². The molecule has 0 spiro atoms. The molecular weight excluding hydrogens is 657 g/mol. The van der Waals surface area contributed by atoms with Gasteiger partial charge in [-0.25, -0.2) is 29.9 Å². The molecule has 0 amide bonds. The van der Waals surface area contributed by atoms with Crippen LogP contribution in [0, 0.1) is 0 Å². The van der Waals surface area contributed by atoms with Crippen LogP contribution in [0.5, 0.6) is 5.75 Å². The maximum Gasteiger partial charge on any atom is 0.164 e. The molecule has 3 N–H and O–H groups in total. The molecule has 0 unspecified atom stereocenters. The van der Waals surface area contributed by atoms with Gasteiger partial charge in [0, 0.05) is 43.8 Å². The van der Waals surface area contributed by atoms with E-state index >= 15 is 0 Å². The molecule has 264 valence electrons. The van der Waals surface area contributed by atoms with Crippen molar-refractivity contribution in [2.24, 2.45) is 0 Å². The van der Waals surface area contributed by atoms with Crippen LogP contribution in [0.2, 0.25) is 0 Å². The zero-order valence-corrected chi connectivity index (χ0v) is 31.6. The number of phenols is 1. The standard InChI is InChI=1S/C44H42N8O/c1-42(2,3)22-10-14-26-30(18-22)38-46-34(26)45-35-27-15-11-23(43(4,5)6)19-31(27)39(47-35)50-37-29-17-13-25(53)21-33(29)41(51-37)52-40-32-20-24(44(7,8)9)12-16-28(32)36(48-38)49-40/h10-21,53H,1-9H3,(H2,45,46,47,48,49,50,51,52). The number of fused-ring (bicyclic) bond motifs is 20. The van der Waals surface area contributed by atoms with E-state index in [4.69, 9.17) is 29.9 Å². The second kappa shape index (κ2) is 11.0. The monoisotopic (exact) mass is 698 g/mol. The van der Waals surface area contributed by atoms with Gasteiger partial charge in [0.2, 0.25) is 0 Å². The Balaban J connectivity index is 1.47. The number of aromatic amines is 2. The fraction of sp³-hybridized carbons (Fsp3) is 0.273. The molecule has 0 fully saturated rings. The predicted octanol–water partition coefficient (Wildman–Crippen LogP) is 10.5. The van der Waals surface area contributed by atoms with Crippen molar-refractivity contribution in [3.8, 4) is 51.3 Å². The number of benzene rings is 4. The fourth-order valence-corrected chi connectivity index (χ4v) is 7.18. The van der Waals surface area contributed by atoms with Crippen LogP contribution in [0.15, 0.2) is 72.8 Å². The van der Waals surface area contributed by atoms with E-state index in [-0.39, 0.29) is 22.0 Å². The molecule has 2 aliphatic rings. The number of nitrogens with zero attached hydrogens (tertiary/aromatic N) is 6. The van der Waals surface area contributed by atoms with Gasteiger partial charge in [0.1, 0.15) is 28.3 Å². The first-order valence-corrected chi connectivity index (χ1v) is 18.1. The Labute approximate surface area is 307 Å². The molecule has 0 saturated heterocycles. The summed E-state index contributed by atoms with van der Waals surface area (Å²) in [5.74, 6) is 2.32. The lowest BCUT2D eigenvalue weighted by Crippen LogP contribution is -2.10. The van der Waals surface area contributed by atoms with Gasteiger partial charge < -0.3 is 15.1 Å². The van der Waals surface area contributed by atoms with Crippen LogP contribution in [-0.4, -0.2) is 45.0 Å². The first kappa shape index (κ1) is 32.9. The van der Waals surface area contributed by atoms with Crippen molar-refractivity contribution >= 4 is 44.1 Å². The number of rotatable bonds is 0. The minimum atomic E-state index is -0.0947. The lowest BCUT2D eigenvalue weighted by atomic mass is 9.85. The van der Waals surface area contributed by atoms with Crippen molar-refractivity contribution in [1.82, 2.24) is 39.9 Å². The van der Waals surface area contributed by atoms with Crippen LogP contribution in [0.1, 0.15) is 79.0 Å². The number of aromatic hydroxyl groups is 1. The maximum absolute atomic E-state index is 10.6. The van der Waals surface area contributed by atoms with Gasteiger partial charge in [0.05, 0.1) is 0 Å². The van der Waals surface area contributed by atoms with Crippen LogP contribution in [0.3, 0.4) is 0 Å². The highest BCUT2D eigenvalue weighted by molar-refractivity contribution is 6.07. The van der Waals surface area contributed by atoms with Crippen molar-refractivity contribution < 1.29 is 5.11 Å². The SMILES string of the molecule is CC(C)(C)c1ccc2c(c1)-c1nc-2nc2[nH]c(nc3nc(nc4[nH]c(n1)c1ccc(O)cc41)-c1cc(C(C)(C)C)ccc1-3)c1cc(C(C)(C)C)ccc21. The molecule has 9 heteroatoms. The molecule has 0 saturated carbocycles. The van der Waals surface area contributed by atoms with E-state index in [2.05, 4.69) is 127 Å². The minimum absolute atomic E-state index is 0.0769. The summed E-state index contributed by atoms with van der Waals surface area (Å²) >= 11 is 0. The van der Waals surface area contributed by atoms with Crippen LogP contribution in [-0.2, 0) is 16.2 Å². The molecule has 8 bridgehead atoms. The van der Waals surface area contributed by atoms with Gasteiger partial charge in [0.25, 0.3) is 0 Å². The van der Waals surface area contributed by atoms with E-state index in [1.807, 2.05) is 6.07 Å². The number of aromatic nitrogens is 8. The Morgan fingerprint density at radius 2 is 0.736 bits per heavy atom. The molecular formula is C44H42N8O. The van der Waals surface area contributed by atoms with E-state index in [0.717, 1.165) is 49.4 Å². The highest BCUT2D eigenvalue weighted by Crippen LogP contribution is 2.40. The Hall–Kier alpha value is -5.96. The van der Waals surface area contributed by atoms with Crippen molar-refractivity contribution in [2.75, 3.05) is 0 Å². The molecule has 2 aliphatic heterocycles. The third kappa shape index (κ3) is 5.45. The summed E-state index contributed by atoms with van der Waals surface area (Å²) in [5.41, 5.74) is 9.28. The molecule has 3 aromatic heterocycles. The molecule has 9 nitrogen and oxygen atoms in total. The minimum Gasteiger partial charge on any atom is -0.508 e. The van der Waals surface area contributed by atoms with E-state index in [1.54, 1.807) is 12.1 Å². The highest BCUT2D eigenvalue weighted by atomic mass is 16.3. The average molecular weight is 699 g/mol. The van der Waals surface area contributed by atoms with Gasteiger partial charge in [-0.15, -0.1) is 0 Å². The molecule has 0 radical (unpaired) electrons. The molecule has 5 heterocycles. The second-order valence-electron chi connectivity index (χ2n) is 17.4. The normalized spacial score (nSPS) is 13.1. The van der Waals surface area contributed by atoms with Crippen molar-refractivity contribution in [3.63, 3.8) is 0 Å². The van der Waals surface area contributed by atoms with Crippen LogP contribution in [0.4, 0.5) is 0 Å². The Morgan fingerprint density at radius 3 is 1.19 bits per heavy atom. The molecule has 9 rings (SSSR count). The summed E-state index contributed by atoms with van der Waals surface area (Å²) in [7, 11) is 0. The Kier molecular flexibility index (Phi) is 6.85. The van der Waals surface area contributed by atoms with Crippen LogP contribution >= 0.6 is 0 Å². The molecule has 4 aromatic carbocycles. The summed E-state index contributed by atoms with van der Waals surface area (Å²) < 4.78 is 0. The van der Waals surface area contributed by atoms with Crippen molar-refractivity contribution in [3.05, 3.63) is 89.5 Å². The van der Waals surface area contributed by atoms with Gasteiger partial charge in [-0.2, -0.15) is 0 Å². The zero-order valence-electron chi connectivity index (χ0n) is 31.6. The van der Waals surface area contributed by atoms with E-state index in [1.165, 1.54) is 11.1 Å². The van der Waals surface area contributed by atoms with Gasteiger partial charge >= 0.3 is 0 Å². The van der Waals surface area contributed by atoms with Crippen LogP contribution < -0.4 is 0 Å². The Morgan fingerprint density at radius 1 is 0.377 bits per heavy atom. The quantitative estimate of drug-likeness (QED) is 0.144.